The molecule has 5 heteroatoms. The summed E-state index contributed by atoms with van der Waals surface area (Å²) < 4.78 is 14.7. The Hall–Kier alpha value is -0.800. The molecule has 3 rings (SSSR count). The fourth-order valence-corrected chi connectivity index (χ4v) is 5.47. The molecule has 2 aromatic carbocycles. The topological polar surface area (TPSA) is 25.6 Å². The van der Waals surface area contributed by atoms with E-state index in [2.05, 4.69) is 95.1 Å². The third-order valence-corrected chi connectivity index (χ3v) is 7.03. The smallest absolute Gasteiger partial charge is 0.146 e. The Balaban J connectivity index is 1.99. The van der Waals surface area contributed by atoms with Crippen molar-refractivity contribution in [3.63, 3.8) is 0 Å². The van der Waals surface area contributed by atoms with E-state index in [1.54, 1.807) is 0 Å². The highest BCUT2D eigenvalue weighted by Gasteiger charge is 2.21. The van der Waals surface area contributed by atoms with E-state index in [0.29, 0.717) is 6.61 Å². The van der Waals surface area contributed by atoms with E-state index in [-0.39, 0.29) is 0 Å². The number of ether oxygens (including phenoxy) is 1. The molecule has 0 atom stereocenters. The molecular formula is C24H28I2NO2. The van der Waals surface area contributed by atoms with Crippen molar-refractivity contribution < 1.29 is 9.15 Å². The molecule has 0 aliphatic carbocycles. The summed E-state index contributed by atoms with van der Waals surface area (Å²) in [5.41, 5.74) is 3.20. The summed E-state index contributed by atoms with van der Waals surface area (Å²) in [5, 5.41) is 1.16. The SMILES string of the molecule is CCCCc1oc2ccccc2c1-c1[c]cc(I)c(OCCN(CC)CC)c1I. The number of hydrogen-bond donors (Lipinski definition) is 0. The normalized spacial score (nSPS) is 11.5. The summed E-state index contributed by atoms with van der Waals surface area (Å²) in [6, 6.07) is 13.9. The molecule has 0 unspecified atom stereocenters. The monoisotopic (exact) mass is 616 g/mol. The molecule has 3 aromatic rings. The van der Waals surface area contributed by atoms with Crippen molar-refractivity contribution in [3.05, 3.63) is 49.3 Å². The van der Waals surface area contributed by atoms with Crippen LogP contribution in [0.5, 0.6) is 5.75 Å². The average molecular weight is 616 g/mol. The first-order valence-electron chi connectivity index (χ1n) is 10.4. The summed E-state index contributed by atoms with van der Waals surface area (Å²) in [6.07, 6.45) is 3.19. The Morgan fingerprint density at radius 2 is 1.86 bits per heavy atom. The van der Waals surface area contributed by atoms with E-state index in [1.807, 2.05) is 12.1 Å². The second-order valence-electron chi connectivity index (χ2n) is 7.03. The minimum Gasteiger partial charge on any atom is -0.490 e. The van der Waals surface area contributed by atoms with E-state index in [9.17, 15) is 0 Å². The van der Waals surface area contributed by atoms with E-state index in [4.69, 9.17) is 9.15 Å². The second-order valence-corrected chi connectivity index (χ2v) is 9.27. The van der Waals surface area contributed by atoms with Gasteiger partial charge in [0, 0.05) is 29.5 Å². The molecule has 0 aliphatic heterocycles. The predicted molar refractivity (Wildman–Crippen MR) is 138 cm³/mol. The van der Waals surface area contributed by atoms with Crippen molar-refractivity contribution in [2.75, 3.05) is 26.2 Å². The summed E-state index contributed by atoms with van der Waals surface area (Å²) in [7, 11) is 0. The van der Waals surface area contributed by atoms with Crippen LogP contribution in [0, 0.1) is 13.2 Å². The van der Waals surface area contributed by atoms with E-state index in [1.165, 1.54) is 5.56 Å². The van der Waals surface area contributed by atoms with Crippen molar-refractivity contribution in [2.45, 2.75) is 40.0 Å². The van der Waals surface area contributed by atoms with Crippen LogP contribution < -0.4 is 4.74 Å². The number of aryl methyl sites for hydroxylation is 1. The van der Waals surface area contributed by atoms with Crippen molar-refractivity contribution in [1.29, 1.82) is 0 Å². The van der Waals surface area contributed by atoms with Gasteiger partial charge in [-0.1, -0.05) is 45.4 Å². The maximum atomic E-state index is 6.27. The van der Waals surface area contributed by atoms with Crippen LogP contribution >= 0.6 is 45.2 Å². The number of para-hydroxylation sites is 1. The number of halogens is 2. The van der Waals surface area contributed by atoms with Gasteiger partial charge in [0.1, 0.15) is 23.7 Å². The lowest BCUT2D eigenvalue weighted by atomic mass is 9.99. The van der Waals surface area contributed by atoms with Crippen LogP contribution in [-0.4, -0.2) is 31.1 Å². The summed E-state index contributed by atoms with van der Waals surface area (Å²) >= 11 is 4.76. The maximum Gasteiger partial charge on any atom is 0.146 e. The number of likely N-dealkylation sites (N-methyl/N-ethyl adjacent to an activating group) is 1. The van der Waals surface area contributed by atoms with Gasteiger partial charge in [0.2, 0.25) is 0 Å². The Morgan fingerprint density at radius 3 is 2.59 bits per heavy atom. The quantitative estimate of drug-likeness (QED) is 0.226. The molecule has 3 nitrogen and oxygen atoms in total. The lowest BCUT2D eigenvalue weighted by Gasteiger charge is -2.19. The molecule has 29 heavy (non-hydrogen) atoms. The fraction of sp³-hybridized carbons (Fsp3) is 0.417. The summed E-state index contributed by atoms with van der Waals surface area (Å²) in [4.78, 5) is 2.38. The van der Waals surface area contributed by atoms with Gasteiger partial charge < -0.3 is 14.1 Å². The van der Waals surface area contributed by atoms with Gasteiger partial charge in [0.05, 0.1) is 7.14 Å². The predicted octanol–water partition coefficient (Wildman–Crippen LogP) is 7.17. The standard InChI is InChI=1S/C24H28I2NO2/c1-4-7-11-21-22(17-10-8-9-12-20(17)29-21)18-13-14-19(25)24(23(18)26)28-16-15-27(5-2)6-3/h8-10,12,14H,4-7,11,15-16H2,1-3H3. The van der Waals surface area contributed by atoms with Crippen LogP contribution in [0.4, 0.5) is 0 Å². The summed E-state index contributed by atoms with van der Waals surface area (Å²) in [6.45, 7) is 10.3. The molecule has 0 saturated heterocycles. The van der Waals surface area contributed by atoms with Crippen molar-refractivity contribution in [2.24, 2.45) is 0 Å². The van der Waals surface area contributed by atoms with E-state index >= 15 is 0 Å². The molecule has 0 amide bonds. The zero-order chi connectivity index (χ0) is 20.8. The lowest BCUT2D eigenvalue weighted by molar-refractivity contribution is 0.221. The number of rotatable bonds is 10. The maximum absolute atomic E-state index is 6.27. The largest absolute Gasteiger partial charge is 0.490 e. The second kappa shape index (κ2) is 11.0. The Labute approximate surface area is 201 Å². The lowest BCUT2D eigenvalue weighted by Crippen LogP contribution is -2.28. The molecule has 0 bridgehead atoms. The van der Waals surface area contributed by atoms with Gasteiger partial charge in [-0.15, -0.1) is 0 Å². The number of hydrogen-bond acceptors (Lipinski definition) is 3. The Morgan fingerprint density at radius 1 is 1.10 bits per heavy atom. The van der Waals surface area contributed by atoms with Crippen LogP contribution in [0.2, 0.25) is 0 Å². The highest BCUT2D eigenvalue weighted by molar-refractivity contribution is 14.1. The highest BCUT2D eigenvalue weighted by Crippen LogP contribution is 2.41. The zero-order valence-corrected chi connectivity index (χ0v) is 21.7. The number of furan rings is 1. The van der Waals surface area contributed by atoms with Gasteiger partial charge >= 0.3 is 0 Å². The number of unbranched alkanes of at least 4 members (excludes halogenated alkanes) is 1. The van der Waals surface area contributed by atoms with E-state index < -0.39 is 0 Å². The first-order chi connectivity index (χ1) is 14.1. The molecule has 1 aromatic heterocycles. The first-order valence-corrected chi connectivity index (χ1v) is 12.5. The first kappa shape index (κ1) is 22.9. The third kappa shape index (κ3) is 5.28. The van der Waals surface area contributed by atoms with Crippen LogP contribution in [0.3, 0.4) is 0 Å². The molecular weight excluding hydrogens is 588 g/mol. The Bertz CT molecular complexity index is 947. The summed E-state index contributed by atoms with van der Waals surface area (Å²) in [5.74, 6) is 2.01. The minimum atomic E-state index is 0.686. The molecule has 1 heterocycles. The molecule has 0 fully saturated rings. The van der Waals surface area contributed by atoms with Crippen molar-refractivity contribution >= 4 is 56.2 Å². The number of nitrogens with zero attached hydrogens (tertiary/aromatic N) is 1. The van der Waals surface area contributed by atoms with Crippen molar-refractivity contribution in [1.82, 2.24) is 4.90 Å². The van der Waals surface area contributed by atoms with Crippen molar-refractivity contribution in [3.8, 4) is 16.9 Å². The number of fused-ring (bicyclic) bond motifs is 1. The number of benzene rings is 2. The molecule has 0 spiro atoms. The van der Waals surface area contributed by atoms with E-state index in [0.717, 1.165) is 74.1 Å². The molecule has 0 N–H and O–H groups in total. The van der Waals surface area contributed by atoms with Crippen LogP contribution in [0.1, 0.15) is 39.4 Å². The van der Waals surface area contributed by atoms with Gasteiger partial charge in [-0.05, 0) is 82.9 Å². The third-order valence-electron chi connectivity index (χ3n) is 5.20. The average Bonchev–Trinajstić information content (AvgIpc) is 3.10. The highest BCUT2D eigenvalue weighted by atomic mass is 127. The van der Waals surface area contributed by atoms with Gasteiger partial charge in [0.25, 0.3) is 0 Å². The van der Waals surface area contributed by atoms with Gasteiger partial charge in [0.15, 0.2) is 0 Å². The van der Waals surface area contributed by atoms with Gasteiger partial charge in [-0.2, -0.15) is 0 Å². The minimum absolute atomic E-state index is 0.686. The van der Waals surface area contributed by atoms with Gasteiger partial charge in [-0.25, -0.2) is 0 Å². The zero-order valence-electron chi connectivity index (χ0n) is 17.4. The van der Waals surface area contributed by atoms with Crippen LogP contribution in [0.25, 0.3) is 22.1 Å². The Kier molecular flexibility index (Phi) is 8.68. The molecule has 155 valence electrons. The fourth-order valence-electron chi connectivity index (χ4n) is 3.50. The van der Waals surface area contributed by atoms with Crippen LogP contribution in [0.15, 0.2) is 34.7 Å². The van der Waals surface area contributed by atoms with Crippen LogP contribution in [-0.2, 0) is 6.42 Å². The van der Waals surface area contributed by atoms with Gasteiger partial charge in [-0.3, -0.25) is 0 Å². The molecule has 0 saturated carbocycles. The molecule has 0 aliphatic rings. The molecule has 1 radical (unpaired) electrons.